The third kappa shape index (κ3) is 5.02. The zero-order valence-electron chi connectivity index (χ0n) is 19.7. The van der Waals surface area contributed by atoms with E-state index in [1.807, 2.05) is 38.1 Å². The normalized spacial score (nSPS) is 12.5. The minimum atomic E-state index is -3.75. The zero-order chi connectivity index (χ0) is 23.7. The van der Waals surface area contributed by atoms with Crippen molar-refractivity contribution in [1.29, 1.82) is 0 Å². The molecule has 3 aromatic rings. The van der Waals surface area contributed by atoms with E-state index in [1.54, 1.807) is 25.3 Å². The number of ether oxygens (including phenoxy) is 1. The molecule has 2 aromatic carbocycles. The van der Waals surface area contributed by atoms with Crippen molar-refractivity contribution >= 4 is 10.0 Å². The molecule has 0 aliphatic rings. The number of benzene rings is 2. The molecule has 0 saturated carbocycles. The number of aromatic nitrogens is 2. The van der Waals surface area contributed by atoms with Crippen molar-refractivity contribution in [3.8, 4) is 17.1 Å². The van der Waals surface area contributed by atoms with Crippen molar-refractivity contribution < 1.29 is 17.7 Å². The number of hydrogen-bond acceptors (Lipinski definition) is 6. The molecular weight excluding hydrogens is 426 g/mol. The number of nitrogens with zero attached hydrogens (tertiary/aromatic N) is 3. The van der Waals surface area contributed by atoms with Crippen LogP contribution in [0.4, 0.5) is 0 Å². The van der Waals surface area contributed by atoms with Crippen LogP contribution < -0.4 is 4.74 Å². The van der Waals surface area contributed by atoms with Crippen LogP contribution in [0.15, 0.2) is 51.9 Å². The van der Waals surface area contributed by atoms with Crippen molar-refractivity contribution in [2.24, 2.45) is 0 Å². The van der Waals surface area contributed by atoms with Crippen LogP contribution in [0.2, 0.25) is 0 Å². The molecule has 0 atom stereocenters. The van der Waals surface area contributed by atoms with Crippen LogP contribution in [0.3, 0.4) is 0 Å². The Kier molecular flexibility index (Phi) is 6.76. The van der Waals surface area contributed by atoms with Gasteiger partial charge in [0.25, 0.3) is 0 Å². The van der Waals surface area contributed by atoms with E-state index >= 15 is 0 Å². The van der Waals surface area contributed by atoms with Gasteiger partial charge in [0.1, 0.15) is 5.75 Å². The van der Waals surface area contributed by atoms with Gasteiger partial charge in [0.05, 0.1) is 18.6 Å². The summed E-state index contributed by atoms with van der Waals surface area (Å²) in [5.74, 6) is 1.44. The summed E-state index contributed by atoms with van der Waals surface area (Å²) < 4.78 is 38.1. The molecule has 0 fully saturated rings. The summed E-state index contributed by atoms with van der Waals surface area (Å²) in [6.45, 7) is 10.4. The van der Waals surface area contributed by atoms with Gasteiger partial charge in [-0.25, -0.2) is 8.42 Å². The first-order valence-electron chi connectivity index (χ1n) is 10.5. The van der Waals surface area contributed by atoms with Gasteiger partial charge < -0.3 is 9.26 Å². The Morgan fingerprint density at radius 1 is 1.09 bits per heavy atom. The lowest BCUT2D eigenvalue weighted by molar-refractivity contribution is 0.336. The van der Waals surface area contributed by atoms with Gasteiger partial charge >= 0.3 is 0 Å². The molecule has 0 bridgehead atoms. The molecule has 1 aromatic heterocycles. The minimum Gasteiger partial charge on any atom is -0.496 e. The Morgan fingerprint density at radius 3 is 2.31 bits per heavy atom. The maximum absolute atomic E-state index is 13.1. The van der Waals surface area contributed by atoms with E-state index in [1.165, 1.54) is 16.9 Å². The highest BCUT2D eigenvalue weighted by Gasteiger charge is 2.25. The second-order valence-electron chi connectivity index (χ2n) is 9.16. The molecular formula is C24H31N3O4S. The Labute approximate surface area is 190 Å². The van der Waals surface area contributed by atoms with E-state index in [0.29, 0.717) is 11.6 Å². The predicted molar refractivity (Wildman–Crippen MR) is 124 cm³/mol. The van der Waals surface area contributed by atoms with Gasteiger partial charge in [-0.05, 0) is 40.7 Å². The van der Waals surface area contributed by atoms with E-state index in [-0.39, 0.29) is 28.7 Å². The highest BCUT2D eigenvalue weighted by molar-refractivity contribution is 7.89. The average molecular weight is 458 g/mol. The maximum atomic E-state index is 13.1. The van der Waals surface area contributed by atoms with E-state index in [0.717, 1.165) is 11.1 Å². The summed E-state index contributed by atoms with van der Waals surface area (Å²) in [6.07, 6.45) is 0. The molecule has 0 N–H and O–H groups in total. The van der Waals surface area contributed by atoms with Crippen LogP contribution in [0.25, 0.3) is 11.4 Å². The molecule has 3 rings (SSSR count). The van der Waals surface area contributed by atoms with Gasteiger partial charge in [0.15, 0.2) is 0 Å². The smallest absolute Gasteiger partial charge is 0.243 e. The molecule has 0 spiro atoms. The first-order valence-corrected chi connectivity index (χ1v) is 11.9. The fourth-order valence-electron chi connectivity index (χ4n) is 3.34. The SMILES string of the molecule is COc1ccc(S(=O)(=O)N(C)Cc2nc(-c3ccc(C(C)(C)C)cc3)no2)cc1C(C)C. The fourth-order valence-corrected chi connectivity index (χ4v) is 4.49. The lowest BCUT2D eigenvalue weighted by atomic mass is 9.87. The van der Waals surface area contributed by atoms with Crippen LogP contribution >= 0.6 is 0 Å². The van der Waals surface area contributed by atoms with Gasteiger partial charge in [-0.3, -0.25) is 0 Å². The van der Waals surface area contributed by atoms with Gasteiger partial charge in [0.2, 0.25) is 21.7 Å². The van der Waals surface area contributed by atoms with Crippen molar-refractivity contribution in [2.45, 2.75) is 57.4 Å². The summed E-state index contributed by atoms with van der Waals surface area (Å²) >= 11 is 0. The predicted octanol–water partition coefficient (Wildman–Crippen LogP) is 4.99. The number of sulfonamides is 1. The average Bonchev–Trinajstić information content (AvgIpc) is 3.21. The van der Waals surface area contributed by atoms with Gasteiger partial charge in [-0.1, -0.05) is 64.0 Å². The molecule has 0 radical (unpaired) electrons. The highest BCUT2D eigenvalue weighted by atomic mass is 32.2. The largest absolute Gasteiger partial charge is 0.496 e. The second kappa shape index (κ2) is 9.03. The fraction of sp³-hybridized carbons (Fsp3) is 0.417. The lowest BCUT2D eigenvalue weighted by Gasteiger charge is -2.18. The summed E-state index contributed by atoms with van der Waals surface area (Å²) in [6, 6.07) is 12.9. The van der Waals surface area contributed by atoms with E-state index < -0.39 is 10.0 Å². The summed E-state index contributed by atoms with van der Waals surface area (Å²) in [7, 11) is -0.674. The summed E-state index contributed by atoms with van der Waals surface area (Å²) in [4.78, 5) is 4.59. The Hall–Kier alpha value is -2.71. The van der Waals surface area contributed by atoms with Crippen molar-refractivity contribution in [1.82, 2.24) is 14.4 Å². The molecule has 7 nitrogen and oxygen atoms in total. The Morgan fingerprint density at radius 2 is 1.75 bits per heavy atom. The number of methoxy groups -OCH3 is 1. The van der Waals surface area contributed by atoms with E-state index in [9.17, 15) is 8.42 Å². The van der Waals surface area contributed by atoms with Crippen molar-refractivity contribution in [3.05, 3.63) is 59.5 Å². The van der Waals surface area contributed by atoms with Crippen LogP contribution in [-0.2, 0) is 22.0 Å². The highest BCUT2D eigenvalue weighted by Crippen LogP contribution is 2.30. The second-order valence-corrected chi connectivity index (χ2v) is 11.2. The molecule has 0 aliphatic heterocycles. The maximum Gasteiger partial charge on any atom is 0.243 e. The van der Waals surface area contributed by atoms with E-state index in [2.05, 4.69) is 30.9 Å². The van der Waals surface area contributed by atoms with E-state index in [4.69, 9.17) is 9.26 Å². The van der Waals surface area contributed by atoms with Crippen LogP contribution in [-0.4, -0.2) is 37.0 Å². The van der Waals surface area contributed by atoms with Crippen molar-refractivity contribution in [3.63, 3.8) is 0 Å². The summed E-state index contributed by atoms with van der Waals surface area (Å²) in [5.41, 5.74) is 2.90. The third-order valence-corrected chi connectivity index (χ3v) is 7.17. The van der Waals surface area contributed by atoms with Gasteiger partial charge in [-0.2, -0.15) is 9.29 Å². The molecule has 32 heavy (non-hydrogen) atoms. The molecule has 0 saturated heterocycles. The quantitative estimate of drug-likeness (QED) is 0.497. The lowest BCUT2D eigenvalue weighted by Crippen LogP contribution is -2.26. The Bertz CT molecular complexity index is 1180. The molecule has 8 heteroatoms. The first-order chi connectivity index (χ1) is 14.9. The third-order valence-electron chi connectivity index (χ3n) is 5.37. The Balaban J connectivity index is 1.80. The topological polar surface area (TPSA) is 85.5 Å². The molecule has 0 unspecified atom stereocenters. The van der Waals surface area contributed by atoms with Gasteiger partial charge in [0, 0.05) is 12.6 Å². The minimum absolute atomic E-state index is 0.0293. The van der Waals surface area contributed by atoms with Crippen LogP contribution in [0, 0.1) is 0 Å². The summed E-state index contributed by atoms with van der Waals surface area (Å²) in [5, 5.41) is 4.02. The van der Waals surface area contributed by atoms with Crippen LogP contribution in [0.5, 0.6) is 5.75 Å². The number of rotatable bonds is 7. The molecule has 1 heterocycles. The standard InChI is InChI=1S/C24H31N3O4S/c1-16(2)20-14-19(12-13-21(20)30-7)32(28,29)27(6)15-22-25-23(26-31-22)17-8-10-18(11-9-17)24(3,4)5/h8-14,16H,15H2,1-7H3. The molecule has 172 valence electrons. The van der Waals surface area contributed by atoms with Crippen LogP contribution in [0.1, 0.15) is 57.6 Å². The molecule has 0 amide bonds. The van der Waals surface area contributed by atoms with Gasteiger partial charge in [-0.15, -0.1) is 0 Å². The first kappa shape index (κ1) is 23.9. The monoisotopic (exact) mass is 457 g/mol. The molecule has 0 aliphatic carbocycles. The number of hydrogen-bond donors (Lipinski definition) is 0. The zero-order valence-corrected chi connectivity index (χ0v) is 20.5. The van der Waals surface area contributed by atoms with Crippen molar-refractivity contribution in [2.75, 3.05) is 14.2 Å².